The number of halogens is 5. The topological polar surface area (TPSA) is 27.7 Å². The molecule has 152 valence electrons. The number of allylic oxidation sites excluding steroid dienone is 1. The van der Waals surface area contributed by atoms with Gasteiger partial charge in [0.1, 0.15) is 11.9 Å². The lowest BCUT2D eigenvalue weighted by Crippen LogP contribution is -2.53. The maximum atomic E-state index is 13.8. The number of rotatable bonds is 3. The van der Waals surface area contributed by atoms with Crippen molar-refractivity contribution >= 4 is 23.2 Å². The van der Waals surface area contributed by atoms with Crippen molar-refractivity contribution in [3.05, 3.63) is 57.5 Å². The Kier molecular flexibility index (Phi) is 5.29. The van der Waals surface area contributed by atoms with E-state index in [9.17, 15) is 13.2 Å². The summed E-state index contributed by atoms with van der Waals surface area (Å²) in [6.45, 7) is 2.58. The van der Waals surface area contributed by atoms with Crippen molar-refractivity contribution in [1.29, 1.82) is 0 Å². The summed E-state index contributed by atoms with van der Waals surface area (Å²) in [4.78, 5) is 0. The minimum Gasteiger partial charge on any atom is -0.377 e. The Balaban J connectivity index is 1.73. The average molecular weight is 434 g/mol. The lowest BCUT2D eigenvalue weighted by Gasteiger charge is -2.43. The van der Waals surface area contributed by atoms with Crippen molar-refractivity contribution in [2.75, 3.05) is 13.2 Å². The number of hydrazine groups is 1. The van der Waals surface area contributed by atoms with Crippen molar-refractivity contribution in [2.24, 2.45) is 0 Å². The van der Waals surface area contributed by atoms with E-state index in [1.807, 2.05) is 13.0 Å². The molecule has 1 aromatic rings. The second-order valence-corrected chi connectivity index (χ2v) is 8.05. The van der Waals surface area contributed by atoms with Gasteiger partial charge in [-0.15, -0.1) is 0 Å². The van der Waals surface area contributed by atoms with E-state index in [1.54, 1.807) is 23.2 Å². The minimum absolute atomic E-state index is 0.163. The van der Waals surface area contributed by atoms with E-state index in [0.717, 1.165) is 24.1 Å². The summed E-state index contributed by atoms with van der Waals surface area (Å²) in [7, 11) is 0. The fraction of sp³-hybridized carbons (Fsp3) is 0.474. The van der Waals surface area contributed by atoms with Gasteiger partial charge >= 0.3 is 6.18 Å². The van der Waals surface area contributed by atoms with Crippen LogP contribution in [0.1, 0.15) is 31.4 Å². The van der Waals surface area contributed by atoms with Crippen molar-refractivity contribution in [3.8, 4) is 0 Å². The third-order valence-electron chi connectivity index (χ3n) is 5.19. The Morgan fingerprint density at radius 3 is 2.64 bits per heavy atom. The molecular weight excluding hydrogens is 414 g/mol. The molecule has 3 aliphatic heterocycles. The summed E-state index contributed by atoms with van der Waals surface area (Å²) in [6, 6.07) is 3.00. The third kappa shape index (κ3) is 3.73. The van der Waals surface area contributed by atoms with Crippen LogP contribution in [0.15, 0.2) is 41.9 Å². The van der Waals surface area contributed by atoms with E-state index < -0.39 is 18.3 Å². The Bertz CT molecular complexity index is 821. The van der Waals surface area contributed by atoms with Crippen LogP contribution in [0.25, 0.3) is 0 Å². The van der Waals surface area contributed by atoms with Gasteiger partial charge in [0.05, 0.1) is 22.2 Å². The quantitative estimate of drug-likeness (QED) is 0.723. The molecule has 4 nitrogen and oxygen atoms in total. The lowest BCUT2D eigenvalue weighted by atomic mass is 10.0. The van der Waals surface area contributed by atoms with Crippen LogP contribution >= 0.6 is 23.2 Å². The van der Waals surface area contributed by atoms with E-state index in [1.165, 1.54) is 11.1 Å². The highest BCUT2D eigenvalue weighted by atomic mass is 35.5. The Morgan fingerprint density at radius 1 is 1.21 bits per heavy atom. The van der Waals surface area contributed by atoms with Crippen LogP contribution in [0.3, 0.4) is 0 Å². The fourth-order valence-corrected chi connectivity index (χ4v) is 4.25. The summed E-state index contributed by atoms with van der Waals surface area (Å²) in [5.74, 6) is 0.413. The smallest absolute Gasteiger partial charge is 0.377 e. The molecule has 3 aliphatic rings. The molecule has 9 heteroatoms. The molecule has 0 spiro atoms. The molecule has 0 aliphatic carbocycles. The highest BCUT2D eigenvalue weighted by molar-refractivity contribution is 6.42. The van der Waals surface area contributed by atoms with Crippen LogP contribution in [0.4, 0.5) is 13.2 Å². The molecule has 3 heterocycles. The zero-order valence-electron chi connectivity index (χ0n) is 15.1. The lowest BCUT2D eigenvalue weighted by molar-refractivity contribution is -0.203. The number of benzene rings is 1. The predicted molar refractivity (Wildman–Crippen MR) is 102 cm³/mol. The average Bonchev–Trinajstić information content (AvgIpc) is 3.25. The standard InChI is InChI=1S/C19H20Cl2F3N3O/c1-11-7-16(12-4-5-14(20)15(21)8-12)27-18(25-11)9-17(19(22,23)24)26(27)10-13-3-2-6-28-13/h4-5,7-9,13,16-17,25H,2-3,6,10H2,1H3. The first-order valence-corrected chi connectivity index (χ1v) is 9.86. The molecule has 0 radical (unpaired) electrons. The first-order chi connectivity index (χ1) is 13.2. The highest BCUT2D eigenvalue weighted by Crippen LogP contribution is 2.42. The highest BCUT2D eigenvalue weighted by Gasteiger charge is 2.51. The van der Waals surface area contributed by atoms with Gasteiger partial charge in [0.25, 0.3) is 0 Å². The summed E-state index contributed by atoms with van der Waals surface area (Å²) in [5, 5.41) is 6.85. The number of nitrogens with one attached hydrogen (secondary N) is 1. The zero-order valence-corrected chi connectivity index (χ0v) is 16.7. The molecule has 1 saturated heterocycles. The van der Waals surface area contributed by atoms with Crippen LogP contribution < -0.4 is 5.32 Å². The molecule has 1 fully saturated rings. The SMILES string of the molecule is CC1=CC(c2ccc(Cl)c(Cl)c2)N2C(=CC(C(F)(F)F)N2CC2CCCO2)N1. The normalized spacial score (nSPS) is 28.1. The molecule has 0 amide bonds. The van der Waals surface area contributed by atoms with Crippen LogP contribution in [0.2, 0.25) is 10.0 Å². The minimum atomic E-state index is -4.40. The van der Waals surface area contributed by atoms with Crippen LogP contribution in [-0.2, 0) is 4.74 Å². The predicted octanol–water partition coefficient (Wildman–Crippen LogP) is 5.03. The van der Waals surface area contributed by atoms with E-state index in [4.69, 9.17) is 27.9 Å². The zero-order chi connectivity index (χ0) is 20.1. The number of nitrogens with zero attached hydrogens (tertiary/aromatic N) is 2. The summed E-state index contributed by atoms with van der Waals surface area (Å²) in [6.07, 6.45) is 0.112. The van der Waals surface area contributed by atoms with Gasteiger partial charge in [0.15, 0.2) is 0 Å². The number of ether oxygens (including phenoxy) is 1. The van der Waals surface area contributed by atoms with Gasteiger partial charge in [-0.05, 0) is 49.6 Å². The van der Waals surface area contributed by atoms with E-state index in [0.29, 0.717) is 22.5 Å². The summed E-state index contributed by atoms with van der Waals surface area (Å²) in [5.41, 5.74) is 1.54. The molecule has 3 atom stereocenters. The third-order valence-corrected chi connectivity index (χ3v) is 5.93. The molecule has 3 unspecified atom stereocenters. The number of hydrogen-bond acceptors (Lipinski definition) is 4. The fourth-order valence-electron chi connectivity index (χ4n) is 3.94. The van der Waals surface area contributed by atoms with Crippen molar-refractivity contribution < 1.29 is 17.9 Å². The van der Waals surface area contributed by atoms with Gasteiger partial charge in [-0.1, -0.05) is 29.3 Å². The Morgan fingerprint density at radius 2 is 2.00 bits per heavy atom. The van der Waals surface area contributed by atoms with Gasteiger partial charge in [-0.25, -0.2) is 5.01 Å². The first-order valence-electron chi connectivity index (χ1n) is 9.10. The van der Waals surface area contributed by atoms with Crippen molar-refractivity contribution in [1.82, 2.24) is 15.3 Å². The molecule has 28 heavy (non-hydrogen) atoms. The van der Waals surface area contributed by atoms with Crippen LogP contribution in [0.5, 0.6) is 0 Å². The van der Waals surface area contributed by atoms with Gasteiger partial charge < -0.3 is 10.1 Å². The summed E-state index contributed by atoms with van der Waals surface area (Å²) < 4.78 is 47.1. The van der Waals surface area contributed by atoms with E-state index in [2.05, 4.69) is 5.32 Å². The molecule has 0 bridgehead atoms. The van der Waals surface area contributed by atoms with Gasteiger partial charge in [0.2, 0.25) is 0 Å². The van der Waals surface area contributed by atoms with Gasteiger partial charge in [-0.3, -0.25) is 5.01 Å². The molecule has 1 N–H and O–H groups in total. The molecule has 0 saturated carbocycles. The van der Waals surface area contributed by atoms with Gasteiger partial charge in [-0.2, -0.15) is 13.2 Å². The van der Waals surface area contributed by atoms with Crippen LogP contribution in [-0.4, -0.2) is 41.5 Å². The largest absolute Gasteiger partial charge is 0.409 e. The van der Waals surface area contributed by atoms with Gasteiger partial charge in [0, 0.05) is 18.8 Å². The molecular formula is C19H20Cl2F3N3O. The first kappa shape index (κ1) is 19.9. The monoisotopic (exact) mass is 433 g/mol. The van der Waals surface area contributed by atoms with Crippen molar-refractivity contribution in [3.63, 3.8) is 0 Å². The number of hydrogen-bond donors (Lipinski definition) is 1. The Hall–Kier alpha value is -1.41. The maximum Gasteiger partial charge on any atom is 0.409 e. The number of alkyl halides is 3. The second kappa shape index (κ2) is 7.44. The van der Waals surface area contributed by atoms with Crippen LogP contribution in [0, 0.1) is 0 Å². The van der Waals surface area contributed by atoms with Crippen molar-refractivity contribution in [2.45, 2.75) is 44.1 Å². The number of fused-ring (bicyclic) bond motifs is 1. The molecule has 0 aromatic heterocycles. The summed E-state index contributed by atoms with van der Waals surface area (Å²) >= 11 is 12.2. The Labute approximate surface area is 171 Å². The molecule has 4 rings (SSSR count). The second-order valence-electron chi connectivity index (χ2n) is 7.23. The van der Waals surface area contributed by atoms with E-state index >= 15 is 0 Å². The molecule has 1 aromatic carbocycles. The maximum absolute atomic E-state index is 13.8. The van der Waals surface area contributed by atoms with E-state index in [-0.39, 0.29) is 12.6 Å².